The predicted octanol–water partition coefficient (Wildman–Crippen LogP) is -1.26. The lowest BCUT2D eigenvalue weighted by molar-refractivity contribution is -0.345. The molecule has 0 aromatic carbocycles. The first-order chi connectivity index (χ1) is 21.9. The fraction of sp³-hybridized carbons (Fsp3) is 0.714. The summed E-state index contributed by atoms with van der Waals surface area (Å²) in [6.45, 7) is 7.32. The molecule has 2 saturated heterocycles. The van der Waals surface area contributed by atoms with E-state index in [2.05, 4.69) is 5.32 Å². The maximum absolute atomic E-state index is 12.4. The lowest BCUT2D eigenvalue weighted by Crippen LogP contribution is -2.69. The minimum atomic E-state index is -1.75. The maximum Gasteiger partial charge on any atom is 0.305 e. The molecule has 0 saturated carbocycles. The van der Waals surface area contributed by atoms with Crippen LogP contribution in [-0.2, 0) is 85.7 Å². The van der Waals surface area contributed by atoms with Gasteiger partial charge in [0.05, 0.1) is 0 Å². The number of hydrogen-bond donors (Lipinski definition) is 1. The molecule has 0 aliphatic carbocycles. The van der Waals surface area contributed by atoms with Gasteiger partial charge in [-0.25, -0.2) is 0 Å². The van der Waals surface area contributed by atoms with Gasteiger partial charge in [-0.3, -0.25) is 38.4 Å². The van der Waals surface area contributed by atoms with Crippen LogP contribution in [0.3, 0.4) is 0 Å². The molecule has 264 valence electrons. The summed E-state index contributed by atoms with van der Waals surface area (Å²) in [5.41, 5.74) is 0. The van der Waals surface area contributed by atoms with E-state index in [1.165, 1.54) is 0 Å². The van der Waals surface area contributed by atoms with E-state index < -0.39 is 122 Å². The average molecular weight is 678 g/mol. The van der Waals surface area contributed by atoms with Crippen LogP contribution in [0.2, 0.25) is 0 Å². The van der Waals surface area contributed by atoms with Crippen molar-refractivity contribution in [1.82, 2.24) is 5.32 Å². The molecule has 0 aromatic heterocycles. The highest BCUT2D eigenvalue weighted by Gasteiger charge is 2.57. The number of rotatable bonds is 12. The fourth-order valence-electron chi connectivity index (χ4n) is 4.84. The Labute approximate surface area is 269 Å². The molecule has 4 unspecified atom stereocenters. The Morgan fingerprint density at radius 3 is 1.26 bits per heavy atom. The second-order valence-corrected chi connectivity index (χ2v) is 10.4. The van der Waals surface area contributed by atoms with Crippen molar-refractivity contribution in [1.29, 1.82) is 0 Å². The Kier molecular flexibility index (Phi) is 14.5. The lowest BCUT2D eigenvalue weighted by atomic mass is 9.94. The minimum absolute atomic E-state index is 0.571. The number of nitrogens with one attached hydrogen (secondary N) is 1. The average Bonchev–Trinajstić information content (AvgIpc) is 2.91. The van der Waals surface area contributed by atoms with Crippen LogP contribution in [0, 0.1) is 0 Å². The summed E-state index contributed by atoms with van der Waals surface area (Å²) >= 11 is 0. The Hall–Kier alpha value is -4.36. The van der Waals surface area contributed by atoms with Crippen molar-refractivity contribution in [2.45, 2.75) is 117 Å². The number of carbonyl (C=O) groups excluding carboxylic acids is 8. The molecule has 2 heterocycles. The molecule has 19 nitrogen and oxygen atoms in total. The largest absolute Gasteiger partial charge is 0.463 e. The summed E-state index contributed by atoms with van der Waals surface area (Å²) in [6.07, 6.45) is -14.2. The zero-order chi connectivity index (χ0) is 35.6. The zero-order valence-corrected chi connectivity index (χ0v) is 27.0. The smallest absolute Gasteiger partial charge is 0.305 e. The SMILES string of the molecule is CC(=O)NC1[C@H](O[C@@H]2C(OC(C)=O)[C@@H](OC(C)=O)OC(COC(C)=O)[C@@H]2OC(C)=O)OC(COC(C)=O)[C@@H](OC(C)=O)[C@@H]1OC(C)=O. The molecule has 10 atom stereocenters. The first-order valence-corrected chi connectivity index (χ1v) is 14.3. The molecular formula is C28H39NO18. The third kappa shape index (κ3) is 12.1. The summed E-state index contributed by atoms with van der Waals surface area (Å²) < 4.78 is 55.1. The predicted molar refractivity (Wildman–Crippen MR) is 147 cm³/mol. The van der Waals surface area contributed by atoms with E-state index in [-0.39, 0.29) is 0 Å². The number of carbonyl (C=O) groups is 8. The third-order valence-electron chi connectivity index (χ3n) is 6.29. The molecule has 0 radical (unpaired) electrons. The molecule has 19 heteroatoms. The van der Waals surface area contributed by atoms with Crippen molar-refractivity contribution in [3.8, 4) is 0 Å². The molecule has 0 aromatic rings. The van der Waals surface area contributed by atoms with Crippen LogP contribution in [0.1, 0.15) is 55.4 Å². The van der Waals surface area contributed by atoms with Gasteiger partial charge < -0.3 is 52.7 Å². The van der Waals surface area contributed by atoms with Gasteiger partial charge in [0.15, 0.2) is 30.7 Å². The Bertz CT molecular complexity index is 1200. The van der Waals surface area contributed by atoms with Gasteiger partial charge in [-0.15, -0.1) is 0 Å². The van der Waals surface area contributed by atoms with E-state index in [1.54, 1.807) is 0 Å². The van der Waals surface area contributed by atoms with Crippen molar-refractivity contribution >= 4 is 47.7 Å². The van der Waals surface area contributed by atoms with Gasteiger partial charge in [-0.1, -0.05) is 0 Å². The van der Waals surface area contributed by atoms with Gasteiger partial charge in [0.25, 0.3) is 0 Å². The third-order valence-corrected chi connectivity index (χ3v) is 6.29. The second kappa shape index (κ2) is 17.5. The first-order valence-electron chi connectivity index (χ1n) is 14.3. The Balaban J connectivity index is 2.75. The van der Waals surface area contributed by atoms with Crippen molar-refractivity contribution in [2.75, 3.05) is 13.2 Å². The fourth-order valence-corrected chi connectivity index (χ4v) is 4.84. The van der Waals surface area contributed by atoms with Crippen LogP contribution in [0.25, 0.3) is 0 Å². The van der Waals surface area contributed by atoms with E-state index in [0.29, 0.717) is 0 Å². The van der Waals surface area contributed by atoms with Gasteiger partial charge in [-0.2, -0.15) is 0 Å². The topological polar surface area (TPSA) is 241 Å². The summed E-state index contributed by atoms with van der Waals surface area (Å²) in [5.74, 6) is -6.65. The molecule has 47 heavy (non-hydrogen) atoms. The summed E-state index contributed by atoms with van der Waals surface area (Å²) in [4.78, 5) is 96.6. The van der Waals surface area contributed by atoms with E-state index in [0.717, 1.165) is 55.4 Å². The minimum Gasteiger partial charge on any atom is -0.463 e. The number of amides is 1. The highest BCUT2D eigenvalue weighted by atomic mass is 16.8. The van der Waals surface area contributed by atoms with Crippen molar-refractivity contribution in [2.24, 2.45) is 0 Å². The van der Waals surface area contributed by atoms with Crippen LogP contribution >= 0.6 is 0 Å². The standard InChI is InChI=1S/C28H39NO18/c1-11(30)29-21-24(42-16(6)35)22(40-14(4)33)19(9-38-12(2)31)45-27(21)47-25-23(41-15(5)34)20(10-39-13(3)32)46-28(44-18(8)37)26(25)43-17(7)36/h19-28H,9-10H2,1-8H3,(H,29,30)/t19?,20?,21?,22-,23+,24-,25+,26?,27+,28+/m1/s1. The van der Waals surface area contributed by atoms with Gasteiger partial charge in [0.2, 0.25) is 12.2 Å². The zero-order valence-electron chi connectivity index (χ0n) is 27.0. The molecule has 0 spiro atoms. The van der Waals surface area contributed by atoms with Gasteiger partial charge in [0, 0.05) is 55.4 Å². The molecule has 2 fully saturated rings. The molecule has 1 amide bonds. The van der Waals surface area contributed by atoms with Crippen LogP contribution in [0.5, 0.6) is 0 Å². The Morgan fingerprint density at radius 2 is 0.851 bits per heavy atom. The lowest BCUT2D eigenvalue weighted by Gasteiger charge is -2.49. The van der Waals surface area contributed by atoms with E-state index in [4.69, 9.17) is 47.4 Å². The van der Waals surface area contributed by atoms with Crippen LogP contribution in [0.15, 0.2) is 0 Å². The van der Waals surface area contributed by atoms with Crippen LogP contribution in [-0.4, -0.2) is 122 Å². The molecule has 2 rings (SSSR count). The maximum atomic E-state index is 12.4. The van der Waals surface area contributed by atoms with Crippen molar-refractivity contribution in [3.05, 3.63) is 0 Å². The van der Waals surface area contributed by atoms with Gasteiger partial charge in [-0.05, 0) is 0 Å². The van der Waals surface area contributed by atoms with E-state index >= 15 is 0 Å². The number of esters is 7. The molecular weight excluding hydrogens is 638 g/mol. The normalized spacial score (nSPS) is 30.0. The van der Waals surface area contributed by atoms with Crippen molar-refractivity contribution < 1.29 is 85.7 Å². The van der Waals surface area contributed by atoms with E-state index in [1.807, 2.05) is 0 Å². The quantitative estimate of drug-likeness (QED) is 0.187. The van der Waals surface area contributed by atoms with Crippen molar-refractivity contribution in [3.63, 3.8) is 0 Å². The highest BCUT2D eigenvalue weighted by Crippen LogP contribution is 2.34. The summed E-state index contributed by atoms with van der Waals surface area (Å²) in [7, 11) is 0. The molecule has 2 aliphatic heterocycles. The highest BCUT2D eigenvalue weighted by molar-refractivity contribution is 5.74. The molecule has 0 bridgehead atoms. The monoisotopic (exact) mass is 677 g/mol. The summed E-state index contributed by atoms with van der Waals surface area (Å²) in [6, 6.07) is -1.49. The second-order valence-electron chi connectivity index (χ2n) is 10.4. The molecule has 2 aliphatic rings. The Morgan fingerprint density at radius 1 is 0.468 bits per heavy atom. The molecule has 1 N–H and O–H groups in total. The number of ether oxygens (including phenoxy) is 10. The first kappa shape index (κ1) is 38.8. The van der Waals surface area contributed by atoms with E-state index in [9.17, 15) is 38.4 Å². The summed E-state index contributed by atoms with van der Waals surface area (Å²) in [5, 5.41) is 2.50. The number of hydrogen-bond acceptors (Lipinski definition) is 18. The van der Waals surface area contributed by atoms with Crippen LogP contribution in [0.4, 0.5) is 0 Å². The van der Waals surface area contributed by atoms with Gasteiger partial charge in [0.1, 0.15) is 37.6 Å². The van der Waals surface area contributed by atoms with Gasteiger partial charge >= 0.3 is 41.8 Å². The van der Waals surface area contributed by atoms with Crippen LogP contribution < -0.4 is 5.32 Å².